The molecule has 39 heavy (non-hydrogen) atoms. The van der Waals surface area contributed by atoms with E-state index in [1.807, 2.05) is 6.26 Å². The van der Waals surface area contributed by atoms with Gasteiger partial charge in [0.2, 0.25) is 17.7 Å². The number of hydrogen-bond donors (Lipinski definition) is 7. The third-order valence-corrected chi connectivity index (χ3v) is 7.00. The predicted molar refractivity (Wildman–Crippen MR) is 149 cm³/mol. The van der Waals surface area contributed by atoms with Crippen molar-refractivity contribution < 1.29 is 29.4 Å². The van der Waals surface area contributed by atoms with Gasteiger partial charge >= 0.3 is 5.97 Å². The van der Waals surface area contributed by atoms with E-state index in [0.29, 0.717) is 50.1 Å². The quantitative estimate of drug-likeness (QED) is 0.0788. The van der Waals surface area contributed by atoms with Crippen LogP contribution in [-0.2, 0) is 25.6 Å². The van der Waals surface area contributed by atoms with E-state index in [2.05, 4.69) is 15.6 Å². The van der Waals surface area contributed by atoms with Crippen molar-refractivity contribution >= 4 is 41.4 Å². The van der Waals surface area contributed by atoms with Crippen LogP contribution in [-0.4, -0.2) is 94.0 Å². The molecule has 3 amide bonds. The number of aromatic hydroxyl groups is 1. The van der Waals surface area contributed by atoms with Gasteiger partial charge in [-0.3, -0.25) is 19.4 Å². The van der Waals surface area contributed by atoms with Crippen LogP contribution in [0.5, 0.6) is 5.75 Å². The number of nitrogens with two attached hydrogens (primary N) is 3. The fraction of sp³-hybridized carbons (Fsp3) is 0.560. The minimum atomic E-state index is -1.17. The molecule has 0 saturated carbocycles. The normalized spacial score (nSPS) is 17.1. The number of thioether (sulfide) groups is 1. The summed E-state index contributed by atoms with van der Waals surface area (Å²) < 4.78 is 0. The molecule has 10 N–H and O–H groups in total. The molecule has 216 valence electrons. The van der Waals surface area contributed by atoms with Crippen LogP contribution >= 0.6 is 11.8 Å². The Bertz CT molecular complexity index is 1020. The van der Waals surface area contributed by atoms with Gasteiger partial charge in [0.05, 0.1) is 6.04 Å². The number of phenolic OH excluding ortho intramolecular Hbond substituents is 1. The maximum atomic E-state index is 13.3. The summed E-state index contributed by atoms with van der Waals surface area (Å²) in [7, 11) is 0. The first-order chi connectivity index (χ1) is 18.5. The van der Waals surface area contributed by atoms with E-state index in [1.54, 1.807) is 12.1 Å². The summed E-state index contributed by atoms with van der Waals surface area (Å²) in [5, 5.41) is 24.4. The number of carboxylic acids is 1. The number of aliphatic imine (C=N–C) groups is 1. The first-order valence-electron chi connectivity index (χ1n) is 12.7. The van der Waals surface area contributed by atoms with Crippen molar-refractivity contribution in [2.75, 3.05) is 25.1 Å². The fourth-order valence-electron chi connectivity index (χ4n) is 4.27. The van der Waals surface area contributed by atoms with Crippen LogP contribution < -0.4 is 27.8 Å². The zero-order valence-electron chi connectivity index (χ0n) is 22.0. The lowest BCUT2D eigenvalue weighted by Crippen LogP contribution is -2.57. The largest absolute Gasteiger partial charge is 0.508 e. The molecule has 0 radical (unpaired) electrons. The summed E-state index contributed by atoms with van der Waals surface area (Å²) in [5.74, 6) is -2.20. The van der Waals surface area contributed by atoms with Crippen LogP contribution in [0.3, 0.4) is 0 Å². The average Bonchev–Trinajstić information content (AvgIpc) is 3.39. The van der Waals surface area contributed by atoms with E-state index >= 15 is 0 Å². The molecule has 1 saturated heterocycles. The molecule has 1 fully saturated rings. The van der Waals surface area contributed by atoms with Crippen molar-refractivity contribution in [3.63, 3.8) is 0 Å². The number of carbonyl (C=O) groups is 4. The Morgan fingerprint density at radius 1 is 1.13 bits per heavy atom. The van der Waals surface area contributed by atoms with Crippen molar-refractivity contribution in [1.82, 2.24) is 15.5 Å². The van der Waals surface area contributed by atoms with Crippen LogP contribution in [0.4, 0.5) is 0 Å². The van der Waals surface area contributed by atoms with Crippen LogP contribution in [0, 0.1) is 0 Å². The molecule has 1 aliphatic heterocycles. The summed E-state index contributed by atoms with van der Waals surface area (Å²) in [6.07, 6.45) is 3.92. The number of benzene rings is 1. The average molecular weight is 566 g/mol. The Balaban J connectivity index is 2.14. The third-order valence-electron chi connectivity index (χ3n) is 6.36. The third kappa shape index (κ3) is 10.3. The molecule has 1 aliphatic rings. The Morgan fingerprint density at radius 2 is 1.82 bits per heavy atom. The van der Waals surface area contributed by atoms with E-state index < -0.39 is 42.0 Å². The standard InChI is InChI=1S/C25H39N7O6S/c1-39-13-10-18(24(37)38)30-21(34)19(14-15-6-8-16(33)9-7-15)31-22(35)20-5-3-12-32(20)23(36)17(26)4-2-11-29-25(27)28/h6-9,17-20,33H,2-5,10-14,26H2,1H3,(H,30,34)(H,31,35)(H,37,38)(H4,27,28,29). The number of nitrogens with one attached hydrogen (secondary N) is 2. The van der Waals surface area contributed by atoms with Gasteiger partial charge in [-0.25, -0.2) is 4.79 Å². The molecule has 0 aliphatic carbocycles. The molecule has 4 unspecified atom stereocenters. The molecular weight excluding hydrogens is 526 g/mol. The molecule has 1 aromatic carbocycles. The number of rotatable bonds is 15. The van der Waals surface area contributed by atoms with E-state index in [-0.39, 0.29) is 30.5 Å². The monoisotopic (exact) mass is 565 g/mol. The van der Waals surface area contributed by atoms with Gasteiger partial charge in [0.1, 0.15) is 23.9 Å². The number of phenols is 1. The van der Waals surface area contributed by atoms with Gasteiger partial charge in [0, 0.05) is 19.5 Å². The van der Waals surface area contributed by atoms with Crippen molar-refractivity contribution in [3.8, 4) is 5.75 Å². The van der Waals surface area contributed by atoms with E-state index in [0.717, 1.165) is 0 Å². The summed E-state index contributed by atoms with van der Waals surface area (Å²) >= 11 is 1.45. The number of nitrogens with zero attached hydrogens (tertiary/aromatic N) is 2. The van der Waals surface area contributed by atoms with Crippen molar-refractivity contribution in [2.45, 2.75) is 62.7 Å². The minimum Gasteiger partial charge on any atom is -0.508 e. The summed E-state index contributed by atoms with van der Waals surface area (Å²) in [5.41, 5.74) is 17.3. The van der Waals surface area contributed by atoms with Gasteiger partial charge in [-0.2, -0.15) is 11.8 Å². The highest BCUT2D eigenvalue weighted by atomic mass is 32.2. The Hall–Kier alpha value is -3.52. The molecule has 1 heterocycles. The fourth-order valence-corrected chi connectivity index (χ4v) is 4.74. The Labute approximate surface area is 231 Å². The first-order valence-corrected chi connectivity index (χ1v) is 14.1. The maximum Gasteiger partial charge on any atom is 0.326 e. The summed E-state index contributed by atoms with van der Waals surface area (Å²) in [6.45, 7) is 0.679. The number of aliphatic carboxylic acids is 1. The zero-order chi connectivity index (χ0) is 28.9. The maximum absolute atomic E-state index is 13.3. The van der Waals surface area contributed by atoms with Gasteiger partial charge in [-0.15, -0.1) is 0 Å². The van der Waals surface area contributed by atoms with Gasteiger partial charge in [0.15, 0.2) is 5.96 Å². The molecule has 2 rings (SSSR count). The number of likely N-dealkylation sites (tertiary alicyclic amines) is 1. The highest BCUT2D eigenvalue weighted by molar-refractivity contribution is 7.98. The SMILES string of the molecule is CSCCC(NC(=O)C(Cc1ccc(O)cc1)NC(=O)C1CCCN1C(=O)C(N)CCCN=C(N)N)C(=O)O. The first kappa shape index (κ1) is 31.7. The number of amides is 3. The highest BCUT2D eigenvalue weighted by Gasteiger charge is 2.37. The molecule has 0 bridgehead atoms. The van der Waals surface area contributed by atoms with E-state index in [1.165, 1.54) is 28.8 Å². The van der Waals surface area contributed by atoms with Gasteiger partial charge in [-0.1, -0.05) is 12.1 Å². The topological polar surface area (TPSA) is 226 Å². The highest BCUT2D eigenvalue weighted by Crippen LogP contribution is 2.20. The molecule has 0 aromatic heterocycles. The van der Waals surface area contributed by atoms with Crippen LogP contribution in [0.25, 0.3) is 0 Å². The van der Waals surface area contributed by atoms with Gasteiger partial charge < -0.3 is 42.9 Å². The van der Waals surface area contributed by atoms with E-state index in [9.17, 15) is 29.4 Å². The van der Waals surface area contributed by atoms with E-state index in [4.69, 9.17) is 17.2 Å². The molecule has 0 spiro atoms. The van der Waals surface area contributed by atoms with Crippen LogP contribution in [0.1, 0.15) is 37.7 Å². The number of guanidine groups is 1. The van der Waals surface area contributed by atoms with Crippen molar-refractivity contribution in [1.29, 1.82) is 0 Å². The molecule has 13 nitrogen and oxygen atoms in total. The lowest BCUT2D eigenvalue weighted by molar-refractivity contribution is -0.143. The lowest BCUT2D eigenvalue weighted by Gasteiger charge is -2.28. The second-order valence-electron chi connectivity index (χ2n) is 9.36. The molecular formula is C25H39N7O6S. The second kappa shape index (κ2) is 15.8. The Kier molecular flexibility index (Phi) is 12.8. The lowest BCUT2D eigenvalue weighted by atomic mass is 10.0. The van der Waals surface area contributed by atoms with Gasteiger partial charge in [0.25, 0.3) is 0 Å². The van der Waals surface area contributed by atoms with Crippen molar-refractivity contribution in [2.24, 2.45) is 22.2 Å². The minimum absolute atomic E-state index is 0.0431. The van der Waals surface area contributed by atoms with Gasteiger partial charge in [-0.05, 0) is 61.8 Å². The predicted octanol–water partition coefficient (Wildman–Crippen LogP) is -0.886. The Morgan fingerprint density at radius 3 is 2.44 bits per heavy atom. The summed E-state index contributed by atoms with van der Waals surface area (Å²) in [6, 6.07) is 2.25. The molecule has 14 heteroatoms. The number of hydrogen-bond acceptors (Lipinski definition) is 8. The summed E-state index contributed by atoms with van der Waals surface area (Å²) in [4.78, 5) is 56.5. The number of carbonyl (C=O) groups excluding carboxylic acids is 3. The molecule has 4 atom stereocenters. The van der Waals surface area contributed by atoms with Crippen molar-refractivity contribution in [3.05, 3.63) is 29.8 Å². The second-order valence-corrected chi connectivity index (χ2v) is 10.3. The van der Waals surface area contributed by atoms with Crippen LogP contribution in [0.2, 0.25) is 0 Å². The van der Waals surface area contributed by atoms with Crippen LogP contribution in [0.15, 0.2) is 29.3 Å². The molecule has 1 aromatic rings. The zero-order valence-corrected chi connectivity index (χ0v) is 22.9. The number of carboxylic acid groups (broad SMARTS) is 1. The smallest absolute Gasteiger partial charge is 0.326 e.